The van der Waals surface area contributed by atoms with Crippen molar-refractivity contribution in [1.29, 1.82) is 0 Å². The second kappa shape index (κ2) is 5.16. The maximum absolute atomic E-state index is 11.4. The lowest BCUT2D eigenvalue weighted by atomic mass is 10.1. The minimum atomic E-state index is -0.850. The van der Waals surface area contributed by atoms with E-state index in [9.17, 15) is 15.0 Å². The van der Waals surface area contributed by atoms with E-state index in [2.05, 4.69) is 0 Å². The van der Waals surface area contributed by atoms with E-state index in [0.717, 1.165) is 0 Å². The van der Waals surface area contributed by atoms with Crippen LogP contribution in [0.1, 0.15) is 26.2 Å². The first-order chi connectivity index (χ1) is 8.06. The minimum absolute atomic E-state index is 0.0226. The highest BCUT2D eigenvalue weighted by atomic mass is 16.6. The molecule has 2 N–H and O–H groups in total. The maximum atomic E-state index is 11.4. The predicted molar refractivity (Wildman–Crippen MR) is 59.2 cm³/mol. The number of aliphatic hydroxyl groups excluding tert-OH is 2. The number of esters is 1. The van der Waals surface area contributed by atoms with Crippen molar-refractivity contribution >= 4 is 5.97 Å². The van der Waals surface area contributed by atoms with Crippen LogP contribution >= 0.6 is 0 Å². The Hall–Kier alpha value is -0.910. The smallest absolute Gasteiger partial charge is 0.309 e. The van der Waals surface area contributed by atoms with E-state index >= 15 is 0 Å². The molecule has 0 aromatic carbocycles. The Morgan fingerprint density at radius 2 is 2.18 bits per heavy atom. The third-order valence-electron chi connectivity index (χ3n) is 3.01. The number of hydrogen-bond acceptors (Lipinski definition) is 5. The first-order valence-electron chi connectivity index (χ1n) is 5.94. The summed E-state index contributed by atoms with van der Waals surface area (Å²) in [5, 5.41) is 19.3. The number of rotatable bonds is 0. The molecule has 1 fully saturated rings. The molecule has 5 heteroatoms. The average molecular weight is 242 g/mol. The van der Waals surface area contributed by atoms with E-state index < -0.39 is 18.2 Å². The Bertz CT molecular complexity index is 314. The summed E-state index contributed by atoms with van der Waals surface area (Å²) in [6.07, 6.45) is 2.31. The summed E-state index contributed by atoms with van der Waals surface area (Å²) in [5.74, 6) is -0.409. The van der Waals surface area contributed by atoms with Gasteiger partial charge in [-0.3, -0.25) is 4.79 Å². The van der Waals surface area contributed by atoms with Gasteiger partial charge in [0.15, 0.2) is 0 Å². The van der Waals surface area contributed by atoms with Crippen LogP contribution in [-0.2, 0) is 14.3 Å². The largest absolute Gasteiger partial charge is 0.462 e. The molecule has 5 unspecified atom stereocenters. The summed E-state index contributed by atoms with van der Waals surface area (Å²) in [7, 11) is 0. The highest BCUT2D eigenvalue weighted by Gasteiger charge is 2.44. The van der Waals surface area contributed by atoms with E-state index in [1.807, 2.05) is 0 Å². The van der Waals surface area contributed by atoms with Crippen molar-refractivity contribution in [2.24, 2.45) is 0 Å². The topological polar surface area (TPSA) is 79.3 Å². The molecule has 2 rings (SSSR count). The summed E-state index contributed by atoms with van der Waals surface area (Å²) in [6, 6.07) is 0. The van der Waals surface area contributed by atoms with Crippen LogP contribution in [0.3, 0.4) is 0 Å². The van der Waals surface area contributed by atoms with Crippen LogP contribution in [0.25, 0.3) is 0 Å². The van der Waals surface area contributed by atoms with Gasteiger partial charge in [-0.25, -0.2) is 0 Å². The number of fused-ring (bicyclic) bond motifs is 1. The number of epoxide rings is 1. The second-order valence-electron chi connectivity index (χ2n) is 4.68. The number of carbonyl (C=O) groups excluding carboxylic acids is 1. The second-order valence-corrected chi connectivity index (χ2v) is 4.68. The predicted octanol–water partition coefficient (Wildman–Crippen LogP) is 0.147. The number of aliphatic hydroxyl groups is 2. The molecular formula is C12H18O5. The fourth-order valence-corrected chi connectivity index (χ4v) is 2.08. The van der Waals surface area contributed by atoms with Crippen LogP contribution in [0.5, 0.6) is 0 Å². The number of ether oxygens (including phenoxy) is 2. The first-order valence-corrected chi connectivity index (χ1v) is 5.94. The zero-order valence-corrected chi connectivity index (χ0v) is 9.78. The lowest BCUT2D eigenvalue weighted by Crippen LogP contribution is -2.23. The van der Waals surface area contributed by atoms with Gasteiger partial charge in [-0.2, -0.15) is 0 Å². The third kappa shape index (κ3) is 3.52. The fraction of sp³-hybridized carbons (Fsp3) is 0.750. The number of hydrogen-bond donors (Lipinski definition) is 2. The first kappa shape index (κ1) is 12.5. The average Bonchev–Trinajstić information content (AvgIpc) is 2.94. The minimum Gasteiger partial charge on any atom is -0.462 e. The van der Waals surface area contributed by atoms with Crippen molar-refractivity contribution in [2.75, 3.05) is 0 Å². The lowest BCUT2D eigenvalue weighted by molar-refractivity contribution is -0.150. The van der Waals surface area contributed by atoms with Gasteiger partial charge in [0, 0.05) is 6.42 Å². The maximum Gasteiger partial charge on any atom is 0.309 e. The molecule has 0 spiro atoms. The Labute approximate surface area is 100 Å². The van der Waals surface area contributed by atoms with Crippen molar-refractivity contribution in [3.05, 3.63) is 12.2 Å². The standard InChI is InChI=1S/C12H18O5/c1-7-5-10-12(17-10)9(14)4-2-3-8(13)6-11(15)16-7/h2-3,7-10,12-14H,4-6H2,1H3. The summed E-state index contributed by atoms with van der Waals surface area (Å²) in [6.45, 7) is 1.79. The van der Waals surface area contributed by atoms with Crippen molar-refractivity contribution < 1.29 is 24.5 Å². The summed E-state index contributed by atoms with van der Waals surface area (Å²) in [4.78, 5) is 11.4. The van der Waals surface area contributed by atoms with Gasteiger partial charge in [0.2, 0.25) is 0 Å². The van der Waals surface area contributed by atoms with Gasteiger partial charge < -0.3 is 19.7 Å². The lowest BCUT2D eigenvalue weighted by Gasteiger charge is -2.14. The summed E-state index contributed by atoms with van der Waals surface area (Å²) >= 11 is 0. The van der Waals surface area contributed by atoms with Crippen LogP contribution in [-0.4, -0.2) is 46.7 Å². The highest BCUT2D eigenvalue weighted by Crippen LogP contribution is 2.31. The van der Waals surface area contributed by atoms with E-state index in [0.29, 0.717) is 12.8 Å². The van der Waals surface area contributed by atoms with E-state index in [1.54, 1.807) is 13.0 Å². The molecule has 96 valence electrons. The Morgan fingerprint density at radius 3 is 2.94 bits per heavy atom. The van der Waals surface area contributed by atoms with Crippen LogP contribution in [0.2, 0.25) is 0 Å². The van der Waals surface area contributed by atoms with Crippen LogP contribution in [0, 0.1) is 0 Å². The highest BCUT2D eigenvalue weighted by molar-refractivity contribution is 5.70. The molecule has 5 atom stereocenters. The Kier molecular flexibility index (Phi) is 3.81. The van der Waals surface area contributed by atoms with Crippen LogP contribution in [0.15, 0.2) is 12.2 Å². The molecule has 0 radical (unpaired) electrons. The van der Waals surface area contributed by atoms with E-state index in [1.165, 1.54) is 6.08 Å². The molecular weight excluding hydrogens is 224 g/mol. The van der Waals surface area contributed by atoms with Gasteiger partial charge >= 0.3 is 5.97 Å². The SMILES string of the molecule is CC1CC2OC2C(O)CC=CC(O)CC(=O)O1. The van der Waals surface area contributed by atoms with Crippen molar-refractivity contribution in [3.8, 4) is 0 Å². The van der Waals surface area contributed by atoms with Gasteiger partial charge in [0.1, 0.15) is 12.2 Å². The monoisotopic (exact) mass is 242 g/mol. The zero-order valence-electron chi connectivity index (χ0n) is 9.78. The van der Waals surface area contributed by atoms with Gasteiger partial charge in [0.25, 0.3) is 0 Å². The summed E-state index contributed by atoms with van der Waals surface area (Å²) < 4.78 is 10.5. The van der Waals surface area contributed by atoms with Gasteiger partial charge in [0.05, 0.1) is 24.7 Å². The van der Waals surface area contributed by atoms with Crippen molar-refractivity contribution in [3.63, 3.8) is 0 Å². The van der Waals surface area contributed by atoms with Gasteiger partial charge in [-0.05, 0) is 13.3 Å². The normalized spacial score (nSPS) is 43.0. The molecule has 0 aliphatic carbocycles. The fourth-order valence-electron chi connectivity index (χ4n) is 2.08. The van der Waals surface area contributed by atoms with Crippen LogP contribution < -0.4 is 0 Å². The van der Waals surface area contributed by atoms with E-state index in [-0.39, 0.29) is 24.7 Å². The van der Waals surface area contributed by atoms with Crippen molar-refractivity contribution in [1.82, 2.24) is 0 Å². The Morgan fingerprint density at radius 1 is 1.41 bits per heavy atom. The Balaban J connectivity index is 1.99. The molecule has 1 saturated heterocycles. The third-order valence-corrected chi connectivity index (χ3v) is 3.01. The molecule has 2 aliphatic heterocycles. The number of carbonyl (C=O) groups is 1. The van der Waals surface area contributed by atoms with Gasteiger partial charge in [-0.1, -0.05) is 12.2 Å². The summed E-state index contributed by atoms with van der Waals surface area (Å²) in [5.41, 5.74) is 0. The molecule has 0 saturated carbocycles. The molecule has 2 aliphatic rings. The van der Waals surface area contributed by atoms with Crippen LogP contribution in [0.4, 0.5) is 0 Å². The quantitative estimate of drug-likeness (QED) is 0.359. The molecule has 0 bridgehead atoms. The van der Waals surface area contributed by atoms with Crippen molar-refractivity contribution in [2.45, 2.75) is 56.7 Å². The number of cyclic esters (lactones) is 1. The van der Waals surface area contributed by atoms with Gasteiger partial charge in [-0.15, -0.1) is 0 Å². The molecule has 2 heterocycles. The van der Waals surface area contributed by atoms with E-state index in [4.69, 9.17) is 9.47 Å². The molecule has 0 aromatic rings. The zero-order chi connectivity index (χ0) is 12.4. The molecule has 0 aromatic heterocycles. The molecule has 17 heavy (non-hydrogen) atoms. The molecule has 5 nitrogen and oxygen atoms in total. The molecule has 0 amide bonds.